The number of carbonyl (C=O) groups excluding carboxylic acids is 1. The number of furan rings is 1. The van der Waals surface area contributed by atoms with Gasteiger partial charge in [-0.2, -0.15) is 4.98 Å². The minimum Gasteiger partial charge on any atom is -0.457 e. The van der Waals surface area contributed by atoms with Gasteiger partial charge in [-0.25, -0.2) is 4.79 Å². The van der Waals surface area contributed by atoms with E-state index in [9.17, 15) is 4.79 Å². The summed E-state index contributed by atoms with van der Waals surface area (Å²) in [4.78, 5) is 16.2. The van der Waals surface area contributed by atoms with Crippen LogP contribution in [0.1, 0.15) is 61.6 Å². The van der Waals surface area contributed by atoms with E-state index in [2.05, 4.69) is 10.1 Å². The lowest BCUT2D eigenvalue weighted by Gasteiger charge is -2.11. The van der Waals surface area contributed by atoms with Gasteiger partial charge in [0.25, 0.3) is 5.89 Å². The number of hydrogen-bond donors (Lipinski definition) is 0. The van der Waals surface area contributed by atoms with Crippen molar-refractivity contribution < 1.29 is 18.5 Å². The standard InChI is InChI=1S/C14H18N2O4/c1-8-6-7-18-10(8)12(17)19-9(2)11-15-13(16-20-11)14(3,4)5/h6-7,9H,1-5H3/t9-/m0/s1. The van der Waals surface area contributed by atoms with E-state index in [1.165, 1.54) is 6.26 Å². The molecular formula is C14H18N2O4. The van der Waals surface area contributed by atoms with Crippen molar-refractivity contribution in [2.45, 2.75) is 46.1 Å². The summed E-state index contributed by atoms with van der Waals surface area (Å²) >= 11 is 0. The minimum absolute atomic E-state index is 0.187. The quantitative estimate of drug-likeness (QED) is 0.802. The van der Waals surface area contributed by atoms with Gasteiger partial charge in [0.05, 0.1) is 6.26 Å². The van der Waals surface area contributed by atoms with Gasteiger partial charge in [-0.1, -0.05) is 25.9 Å². The Labute approximate surface area is 117 Å². The first-order chi connectivity index (χ1) is 9.29. The Morgan fingerprint density at radius 3 is 2.60 bits per heavy atom. The highest BCUT2D eigenvalue weighted by molar-refractivity contribution is 5.87. The first kappa shape index (κ1) is 14.3. The van der Waals surface area contributed by atoms with E-state index in [0.717, 1.165) is 5.56 Å². The lowest BCUT2D eigenvalue weighted by Crippen LogP contribution is -2.14. The van der Waals surface area contributed by atoms with Gasteiger partial charge in [0, 0.05) is 11.0 Å². The van der Waals surface area contributed by atoms with Gasteiger partial charge in [0.15, 0.2) is 11.9 Å². The van der Waals surface area contributed by atoms with Crippen LogP contribution in [0.15, 0.2) is 21.3 Å². The topological polar surface area (TPSA) is 78.4 Å². The first-order valence-corrected chi connectivity index (χ1v) is 6.38. The molecule has 0 aliphatic rings. The summed E-state index contributed by atoms with van der Waals surface area (Å²) in [6.45, 7) is 9.38. The van der Waals surface area contributed by atoms with Crippen LogP contribution < -0.4 is 0 Å². The van der Waals surface area contributed by atoms with Crippen LogP contribution in [-0.4, -0.2) is 16.1 Å². The highest BCUT2D eigenvalue weighted by atomic mass is 16.6. The Bertz CT molecular complexity index is 607. The molecule has 0 aliphatic carbocycles. The lowest BCUT2D eigenvalue weighted by atomic mass is 9.96. The maximum Gasteiger partial charge on any atom is 0.375 e. The van der Waals surface area contributed by atoms with Crippen LogP contribution in [0.25, 0.3) is 0 Å². The van der Waals surface area contributed by atoms with E-state index in [-0.39, 0.29) is 17.1 Å². The van der Waals surface area contributed by atoms with Gasteiger partial charge in [0.1, 0.15) is 0 Å². The average Bonchev–Trinajstić information content (AvgIpc) is 2.95. The number of rotatable bonds is 3. The second-order valence-corrected chi connectivity index (χ2v) is 5.69. The zero-order valence-corrected chi connectivity index (χ0v) is 12.3. The Morgan fingerprint density at radius 2 is 2.10 bits per heavy atom. The van der Waals surface area contributed by atoms with Gasteiger partial charge in [-0.15, -0.1) is 0 Å². The van der Waals surface area contributed by atoms with Gasteiger partial charge in [-0.05, 0) is 19.9 Å². The number of carbonyl (C=O) groups is 1. The Balaban J connectivity index is 2.09. The molecule has 0 spiro atoms. The van der Waals surface area contributed by atoms with E-state index in [1.807, 2.05) is 20.8 Å². The van der Waals surface area contributed by atoms with Gasteiger partial charge < -0.3 is 13.7 Å². The fourth-order valence-electron chi connectivity index (χ4n) is 1.55. The van der Waals surface area contributed by atoms with Gasteiger partial charge >= 0.3 is 5.97 Å². The summed E-state index contributed by atoms with van der Waals surface area (Å²) in [5.74, 6) is 0.486. The molecule has 0 aliphatic heterocycles. The molecule has 2 aromatic heterocycles. The van der Waals surface area contributed by atoms with Crippen molar-refractivity contribution in [1.82, 2.24) is 10.1 Å². The molecular weight excluding hydrogens is 260 g/mol. The molecule has 0 amide bonds. The molecule has 2 aromatic rings. The van der Waals surface area contributed by atoms with E-state index in [0.29, 0.717) is 5.82 Å². The van der Waals surface area contributed by atoms with Crippen LogP contribution in [0.3, 0.4) is 0 Å². The highest BCUT2D eigenvalue weighted by Gasteiger charge is 2.26. The molecule has 0 aromatic carbocycles. The van der Waals surface area contributed by atoms with Gasteiger partial charge in [0.2, 0.25) is 5.76 Å². The average molecular weight is 278 g/mol. The second-order valence-electron chi connectivity index (χ2n) is 5.69. The van der Waals surface area contributed by atoms with E-state index in [1.54, 1.807) is 19.9 Å². The third-order valence-corrected chi connectivity index (χ3v) is 2.79. The van der Waals surface area contributed by atoms with Crippen LogP contribution in [0.5, 0.6) is 0 Å². The van der Waals surface area contributed by atoms with Crippen molar-refractivity contribution in [2.75, 3.05) is 0 Å². The summed E-state index contributed by atoms with van der Waals surface area (Å²) in [6, 6.07) is 1.70. The lowest BCUT2D eigenvalue weighted by molar-refractivity contribution is 0.0229. The number of esters is 1. The van der Waals surface area contributed by atoms with Crippen molar-refractivity contribution in [3.8, 4) is 0 Å². The maximum atomic E-state index is 11.9. The Hall–Kier alpha value is -2.11. The predicted molar refractivity (Wildman–Crippen MR) is 70.3 cm³/mol. The fourth-order valence-corrected chi connectivity index (χ4v) is 1.55. The number of hydrogen-bond acceptors (Lipinski definition) is 6. The summed E-state index contributed by atoms with van der Waals surface area (Å²) < 4.78 is 15.5. The summed E-state index contributed by atoms with van der Waals surface area (Å²) in [5, 5.41) is 3.90. The van der Waals surface area contributed by atoms with Crippen molar-refractivity contribution in [2.24, 2.45) is 0 Å². The number of nitrogens with zero attached hydrogens (tertiary/aromatic N) is 2. The number of aromatic nitrogens is 2. The molecule has 0 saturated heterocycles. The van der Waals surface area contributed by atoms with E-state index >= 15 is 0 Å². The third-order valence-electron chi connectivity index (χ3n) is 2.79. The normalized spacial score (nSPS) is 13.2. The molecule has 0 unspecified atom stereocenters. The molecule has 6 nitrogen and oxygen atoms in total. The van der Waals surface area contributed by atoms with Crippen molar-refractivity contribution in [1.29, 1.82) is 0 Å². The fraction of sp³-hybridized carbons (Fsp3) is 0.500. The predicted octanol–water partition coefficient (Wildman–Crippen LogP) is 3.19. The molecule has 0 bridgehead atoms. The Kier molecular flexibility index (Phi) is 3.65. The Morgan fingerprint density at radius 1 is 1.40 bits per heavy atom. The van der Waals surface area contributed by atoms with Crippen LogP contribution in [0.2, 0.25) is 0 Å². The SMILES string of the molecule is Cc1ccoc1C(=O)O[C@@H](C)c1nc(C(C)(C)C)no1. The van der Waals surface area contributed by atoms with Crippen LogP contribution in [0, 0.1) is 6.92 Å². The molecule has 2 rings (SSSR count). The van der Waals surface area contributed by atoms with Crippen LogP contribution in [0.4, 0.5) is 0 Å². The molecule has 0 radical (unpaired) electrons. The second kappa shape index (κ2) is 5.11. The first-order valence-electron chi connectivity index (χ1n) is 6.38. The molecule has 20 heavy (non-hydrogen) atoms. The van der Waals surface area contributed by atoms with Crippen LogP contribution in [-0.2, 0) is 10.2 Å². The zero-order valence-electron chi connectivity index (χ0n) is 12.3. The molecule has 0 saturated carbocycles. The monoisotopic (exact) mass is 278 g/mol. The molecule has 0 fully saturated rings. The highest BCUT2D eigenvalue weighted by Crippen LogP contribution is 2.23. The molecule has 108 valence electrons. The summed E-state index contributed by atoms with van der Waals surface area (Å²) in [7, 11) is 0. The van der Waals surface area contributed by atoms with Crippen molar-refractivity contribution >= 4 is 5.97 Å². The third kappa shape index (κ3) is 2.89. The van der Waals surface area contributed by atoms with Crippen molar-refractivity contribution in [3.63, 3.8) is 0 Å². The van der Waals surface area contributed by atoms with Gasteiger partial charge in [-0.3, -0.25) is 0 Å². The molecule has 1 atom stereocenters. The number of aryl methyl sites for hydroxylation is 1. The molecule has 2 heterocycles. The van der Waals surface area contributed by atoms with Crippen LogP contribution >= 0.6 is 0 Å². The van der Waals surface area contributed by atoms with E-state index < -0.39 is 12.1 Å². The molecule has 0 N–H and O–H groups in total. The zero-order chi connectivity index (χ0) is 14.9. The van der Waals surface area contributed by atoms with E-state index in [4.69, 9.17) is 13.7 Å². The number of ether oxygens (including phenoxy) is 1. The largest absolute Gasteiger partial charge is 0.457 e. The van der Waals surface area contributed by atoms with Crippen molar-refractivity contribution in [3.05, 3.63) is 35.4 Å². The summed E-state index contributed by atoms with van der Waals surface area (Å²) in [5.41, 5.74) is 0.506. The summed E-state index contributed by atoms with van der Waals surface area (Å²) in [6.07, 6.45) is 0.816. The molecule has 6 heteroatoms. The maximum absolute atomic E-state index is 11.9. The smallest absolute Gasteiger partial charge is 0.375 e. The minimum atomic E-state index is -0.629.